The van der Waals surface area contributed by atoms with Gasteiger partial charge in [0.05, 0.1) is 0 Å². The molecule has 140 valence electrons. The molecule has 0 atom stereocenters. The van der Waals surface area contributed by atoms with E-state index in [1.165, 1.54) is 37.8 Å². The Morgan fingerprint density at radius 2 is 1.42 bits per heavy atom. The summed E-state index contributed by atoms with van der Waals surface area (Å²) >= 11 is 0. The maximum absolute atomic E-state index is 11.2. The molecule has 0 spiro atoms. The molecule has 0 aromatic carbocycles. The van der Waals surface area contributed by atoms with Crippen molar-refractivity contribution in [3.05, 3.63) is 30.1 Å². The summed E-state index contributed by atoms with van der Waals surface area (Å²) in [5.41, 5.74) is 1.34. The van der Waals surface area contributed by atoms with Gasteiger partial charge >= 0.3 is 19.0 Å². The summed E-state index contributed by atoms with van der Waals surface area (Å²) in [4.78, 5) is 0. The topological polar surface area (TPSA) is 3.88 Å². The van der Waals surface area contributed by atoms with E-state index in [9.17, 15) is 34.9 Å². The van der Waals surface area contributed by atoms with Crippen LogP contribution in [0.4, 0.5) is 34.9 Å². The maximum atomic E-state index is 11.2. The average Bonchev–Trinajstić information content (AvgIpc) is 2.44. The fourth-order valence-corrected chi connectivity index (χ4v) is 1.59. The molecule has 24 heavy (non-hydrogen) atoms. The van der Waals surface area contributed by atoms with Crippen LogP contribution < -0.4 is 4.57 Å². The first kappa shape index (κ1) is 22.7. The Morgan fingerprint density at radius 1 is 0.917 bits per heavy atom. The van der Waals surface area contributed by atoms with Crippen molar-refractivity contribution >= 4 is 6.98 Å². The Morgan fingerprint density at radius 3 is 1.75 bits per heavy atom. The molecule has 0 aliphatic carbocycles. The summed E-state index contributed by atoms with van der Waals surface area (Å²) in [7, 11) is 0. The quantitative estimate of drug-likeness (QED) is 0.274. The van der Waals surface area contributed by atoms with Gasteiger partial charge in [-0.15, -0.1) is 0 Å². The van der Waals surface area contributed by atoms with Gasteiger partial charge in [0.1, 0.15) is 6.54 Å². The molecule has 1 aromatic rings. The number of pyridine rings is 1. The van der Waals surface area contributed by atoms with Gasteiger partial charge in [-0.05, 0) is 18.9 Å². The molecular formula is C14H20BF8N. The molecule has 0 fully saturated rings. The molecule has 0 aliphatic heterocycles. The fraction of sp³-hybridized carbons (Fsp3) is 0.643. The molecule has 0 radical (unpaired) electrons. The van der Waals surface area contributed by atoms with Crippen LogP contribution in [0.2, 0.25) is 0 Å². The first-order chi connectivity index (χ1) is 10.8. The van der Waals surface area contributed by atoms with Crippen molar-refractivity contribution in [3.8, 4) is 0 Å². The van der Waals surface area contributed by atoms with Crippen LogP contribution in [0.3, 0.4) is 0 Å². The minimum Gasteiger partial charge on any atom is -0.445 e. The van der Waals surface area contributed by atoms with Gasteiger partial charge in [-0.3, -0.25) is 0 Å². The van der Waals surface area contributed by atoms with E-state index in [4.69, 9.17) is 0 Å². The number of hydrogen-bond acceptors (Lipinski definition) is 0. The number of halogens is 8. The van der Waals surface area contributed by atoms with E-state index < -0.39 is 19.0 Å². The highest BCUT2D eigenvalue weighted by Gasteiger charge is 2.69. The lowest BCUT2D eigenvalue weighted by molar-refractivity contribution is -0.697. The van der Waals surface area contributed by atoms with Crippen molar-refractivity contribution in [1.82, 2.24) is 0 Å². The van der Waals surface area contributed by atoms with Crippen LogP contribution >= 0.6 is 0 Å². The highest BCUT2D eigenvalue weighted by molar-refractivity contribution is 6.61. The summed E-state index contributed by atoms with van der Waals surface area (Å²) in [6.07, 6.45) is 3.14. The summed E-state index contributed by atoms with van der Waals surface area (Å²) in [6, 6.07) is 4.33. The Hall–Kier alpha value is -1.35. The Kier molecular flexibility index (Phi) is 8.70. The molecule has 1 nitrogen and oxygen atoms in total. The summed E-state index contributed by atoms with van der Waals surface area (Å²) in [5, 5.41) is 0. The predicted molar refractivity (Wildman–Crippen MR) is 75.6 cm³/mol. The number of nitrogens with zero attached hydrogens (tertiary/aromatic N) is 1. The lowest BCUT2D eigenvalue weighted by Crippen LogP contribution is -2.53. The van der Waals surface area contributed by atoms with Crippen molar-refractivity contribution < 1.29 is 39.5 Å². The molecule has 0 unspecified atom stereocenters. The van der Waals surface area contributed by atoms with Gasteiger partial charge in [-0.25, -0.2) is 13.3 Å². The van der Waals surface area contributed by atoms with Gasteiger partial charge in [0.15, 0.2) is 12.4 Å². The molecule has 10 heteroatoms. The van der Waals surface area contributed by atoms with Gasteiger partial charge in [0, 0.05) is 18.6 Å². The van der Waals surface area contributed by atoms with Crippen LogP contribution in [-0.4, -0.2) is 19.0 Å². The monoisotopic (exact) mass is 365 g/mol. The van der Waals surface area contributed by atoms with Crippen molar-refractivity contribution in [2.45, 2.75) is 58.1 Å². The number of rotatable bonds is 6. The standard InChI is InChI=1S/C12H20N.C2BF8/c1-3-4-5-6-9-13-10-7-12(2)8-11-13;4-1(5,2(6,7)8)3(9,10)11/h7-8,10-11H,3-6,9H2,1-2H3;/q+1;-1. The zero-order valence-corrected chi connectivity index (χ0v) is 13.4. The second kappa shape index (κ2) is 9.22. The summed E-state index contributed by atoms with van der Waals surface area (Å²) in [5.74, 6) is -6.56. The minimum absolute atomic E-state index is 1.17. The third-order valence-corrected chi connectivity index (χ3v) is 3.12. The van der Waals surface area contributed by atoms with Crippen LogP contribution in [0, 0.1) is 6.92 Å². The number of aromatic nitrogens is 1. The third kappa shape index (κ3) is 7.48. The average molecular weight is 365 g/mol. The van der Waals surface area contributed by atoms with Gasteiger partial charge in [-0.1, -0.05) is 19.8 Å². The third-order valence-electron chi connectivity index (χ3n) is 3.12. The van der Waals surface area contributed by atoms with Crippen molar-refractivity contribution in [3.63, 3.8) is 0 Å². The van der Waals surface area contributed by atoms with Gasteiger partial charge in [-0.2, -0.15) is 13.2 Å². The number of hydrogen-bond donors (Lipinski definition) is 0. The smallest absolute Gasteiger partial charge is 0.445 e. The van der Waals surface area contributed by atoms with Gasteiger partial charge in [0.2, 0.25) is 0 Å². The van der Waals surface area contributed by atoms with E-state index in [2.05, 4.69) is 42.9 Å². The summed E-state index contributed by atoms with van der Waals surface area (Å²) < 4.78 is 90.1. The van der Waals surface area contributed by atoms with E-state index in [0.29, 0.717) is 0 Å². The van der Waals surface area contributed by atoms with Gasteiger partial charge in [0.25, 0.3) is 0 Å². The fourth-order valence-electron chi connectivity index (χ4n) is 1.59. The van der Waals surface area contributed by atoms with E-state index in [-0.39, 0.29) is 0 Å². The molecule has 0 aliphatic rings. The molecule has 0 bridgehead atoms. The first-order valence-electron chi connectivity index (χ1n) is 7.42. The SMILES string of the molecule is CCCCCC[n+]1ccc(C)cc1.F[B-](F)(F)C(F)(F)C(F)(F)F. The molecule has 0 saturated heterocycles. The Bertz CT molecular complexity index is 451. The van der Waals surface area contributed by atoms with Crippen LogP contribution in [0.25, 0.3) is 0 Å². The Labute approximate surface area is 135 Å². The largest absolute Gasteiger partial charge is 0.558 e. The van der Waals surface area contributed by atoms with E-state index >= 15 is 0 Å². The Balaban J connectivity index is 0.000000449. The lowest BCUT2D eigenvalue weighted by atomic mass is 9.80. The number of alkyl halides is 5. The van der Waals surface area contributed by atoms with Gasteiger partial charge < -0.3 is 12.9 Å². The van der Waals surface area contributed by atoms with E-state index in [1.54, 1.807) is 0 Å². The predicted octanol–water partition coefficient (Wildman–Crippen LogP) is 5.43. The normalized spacial score (nSPS) is 12.6. The molecule has 0 N–H and O–H groups in total. The highest BCUT2D eigenvalue weighted by atomic mass is 19.4. The number of aryl methyl sites for hydroxylation is 2. The van der Waals surface area contributed by atoms with Crippen LogP contribution in [0.15, 0.2) is 24.5 Å². The first-order valence-corrected chi connectivity index (χ1v) is 7.42. The van der Waals surface area contributed by atoms with E-state index in [0.717, 1.165) is 0 Å². The molecule has 1 heterocycles. The zero-order chi connectivity index (χ0) is 19.0. The maximum Gasteiger partial charge on any atom is 0.558 e. The van der Waals surface area contributed by atoms with Crippen LogP contribution in [-0.2, 0) is 6.54 Å². The van der Waals surface area contributed by atoms with Crippen molar-refractivity contribution in [2.24, 2.45) is 0 Å². The second-order valence-electron chi connectivity index (χ2n) is 5.37. The minimum atomic E-state index is -7.21. The lowest BCUT2D eigenvalue weighted by Gasteiger charge is -2.28. The van der Waals surface area contributed by atoms with Crippen LogP contribution in [0.5, 0.6) is 0 Å². The van der Waals surface area contributed by atoms with Crippen LogP contribution in [0.1, 0.15) is 38.2 Å². The molecular weight excluding hydrogens is 345 g/mol. The highest BCUT2D eigenvalue weighted by Crippen LogP contribution is 2.43. The van der Waals surface area contributed by atoms with Crippen molar-refractivity contribution in [1.29, 1.82) is 0 Å². The second-order valence-corrected chi connectivity index (χ2v) is 5.37. The van der Waals surface area contributed by atoms with Crippen molar-refractivity contribution in [2.75, 3.05) is 0 Å². The zero-order valence-electron chi connectivity index (χ0n) is 13.4. The molecule has 1 rings (SSSR count). The molecule has 0 saturated carbocycles. The number of unbranched alkanes of at least 4 members (excludes halogenated alkanes) is 3. The van der Waals surface area contributed by atoms with E-state index in [1.807, 2.05) is 0 Å². The summed E-state index contributed by atoms with van der Waals surface area (Å²) in [6.45, 7) is -1.67. The molecule has 0 amide bonds. The molecule has 1 aromatic heterocycles.